The average Bonchev–Trinajstić information content (AvgIpc) is 2.52. The number of carbonyl (C=O) groups is 3. The standard InChI is InChI=1S/C17H12O5/c18-14(19)8-9-22-13-7-3-6-12-15(13)17(21)11-5-2-1-4-10(11)16(12)20/h1-7H,8-9H2,(H,18,19). The van der Waals surface area contributed by atoms with E-state index in [-0.39, 0.29) is 41.5 Å². The summed E-state index contributed by atoms with van der Waals surface area (Å²) < 4.78 is 5.40. The summed E-state index contributed by atoms with van der Waals surface area (Å²) in [5.41, 5.74) is 1.21. The Morgan fingerprint density at radius 3 is 2.23 bits per heavy atom. The molecule has 5 heteroatoms. The van der Waals surface area contributed by atoms with Crippen molar-refractivity contribution in [1.82, 2.24) is 0 Å². The first kappa shape index (κ1) is 14.0. The maximum Gasteiger partial charge on any atom is 0.306 e. The van der Waals surface area contributed by atoms with E-state index in [0.29, 0.717) is 11.1 Å². The van der Waals surface area contributed by atoms with Crippen LogP contribution in [0.25, 0.3) is 0 Å². The lowest BCUT2D eigenvalue weighted by Gasteiger charge is -2.19. The van der Waals surface area contributed by atoms with Crippen molar-refractivity contribution < 1.29 is 24.2 Å². The van der Waals surface area contributed by atoms with Crippen LogP contribution in [0.4, 0.5) is 0 Å². The van der Waals surface area contributed by atoms with Crippen LogP contribution in [-0.2, 0) is 4.79 Å². The Morgan fingerprint density at radius 2 is 1.55 bits per heavy atom. The molecular weight excluding hydrogens is 284 g/mol. The number of fused-ring (bicyclic) bond motifs is 2. The molecule has 1 aliphatic rings. The quantitative estimate of drug-likeness (QED) is 0.799. The molecule has 0 saturated heterocycles. The minimum atomic E-state index is -0.988. The third-order valence-electron chi connectivity index (χ3n) is 3.49. The van der Waals surface area contributed by atoms with E-state index >= 15 is 0 Å². The molecule has 0 aromatic heterocycles. The molecule has 0 unspecified atom stereocenters. The lowest BCUT2D eigenvalue weighted by atomic mass is 9.83. The number of aliphatic carboxylic acids is 1. The molecule has 2 aromatic rings. The zero-order valence-corrected chi connectivity index (χ0v) is 11.5. The van der Waals surface area contributed by atoms with Gasteiger partial charge in [0.1, 0.15) is 5.75 Å². The first-order valence-electron chi connectivity index (χ1n) is 6.75. The van der Waals surface area contributed by atoms with Crippen LogP contribution in [0.3, 0.4) is 0 Å². The maximum atomic E-state index is 12.6. The molecule has 0 radical (unpaired) electrons. The van der Waals surface area contributed by atoms with Crippen molar-refractivity contribution in [2.45, 2.75) is 6.42 Å². The average molecular weight is 296 g/mol. The lowest BCUT2D eigenvalue weighted by Crippen LogP contribution is -2.22. The van der Waals surface area contributed by atoms with Crippen molar-refractivity contribution in [1.29, 1.82) is 0 Å². The van der Waals surface area contributed by atoms with Gasteiger partial charge < -0.3 is 9.84 Å². The SMILES string of the molecule is O=C(O)CCOc1cccc2c1C(=O)c1ccccc1C2=O. The van der Waals surface area contributed by atoms with E-state index in [4.69, 9.17) is 9.84 Å². The number of hydrogen-bond acceptors (Lipinski definition) is 4. The van der Waals surface area contributed by atoms with E-state index in [1.165, 1.54) is 0 Å². The molecule has 0 bridgehead atoms. The van der Waals surface area contributed by atoms with Crippen molar-refractivity contribution >= 4 is 17.5 Å². The number of ketones is 2. The Morgan fingerprint density at radius 1 is 0.909 bits per heavy atom. The fraction of sp³-hybridized carbons (Fsp3) is 0.118. The second kappa shape index (κ2) is 5.44. The molecular formula is C17H12O5. The monoisotopic (exact) mass is 296 g/mol. The van der Waals surface area contributed by atoms with Crippen LogP contribution in [0.15, 0.2) is 42.5 Å². The van der Waals surface area contributed by atoms with Crippen LogP contribution in [-0.4, -0.2) is 29.2 Å². The van der Waals surface area contributed by atoms with Gasteiger partial charge in [0.25, 0.3) is 0 Å². The molecule has 0 saturated carbocycles. The molecule has 0 heterocycles. The Balaban J connectivity index is 2.03. The Labute approximate surface area is 126 Å². The lowest BCUT2D eigenvalue weighted by molar-refractivity contribution is -0.137. The summed E-state index contributed by atoms with van der Waals surface area (Å²) in [5.74, 6) is -1.26. The van der Waals surface area contributed by atoms with Crippen molar-refractivity contribution in [3.05, 3.63) is 64.7 Å². The van der Waals surface area contributed by atoms with E-state index < -0.39 is 5.97 Å². The first-order chi connectivity index (χ1) is 10.6. The smallest absolute Gasteiger partial charge is 0.306 e. The van der Waals surface area contributed by atoms with Gasteiger partial charge in [0.2, 0.25) is 0 Å². The van der Waals surface area contributed by atoms with Gasteiger partial charge >= 0.3 is 5.97 Å². The summed E-state index contributed by atoms with van der Waals surface area (Å²) in [6.07, 6.45) is -0.178. The predicted octanol–water partition coefficient (Wildman–Crippen LogP) is 2.32. The van der Waals surface area contributed by atoms with Gasteiger partial charge in [0.15, 0.2) is 11.6 Å². The Bertz CT molecular complexity index is 791. The second-order valence-corrected chi connectivity index (χ2v) is 4.87. The topological polar surface area (TPSA) is 80.7 Å². The highest BCUT2D eigenvalue weighted by Gasteiger charge is 2.31. The van der Waals surface area contributed by atoms with Gasteiger partial charge in [-0.15, -0.1) is 0 Å². The zero-order valence-electron chi connectivity index (χ0n) is 11.5. The van der Waals surface area contributed by atoms with Crippen molar-refractivity contribution in [3.8, 4) is 5.75 Å². The zero-order chi connectivity index (χ0) is 15.7. The van der Waals surface area contributed by atoms with Gasteiger partial charge in [-0.2, -0.15) is 0 Å². The summed E-state index contributed by atoms with van der Waals surface area (Å²) in [7, 11) is 0. The van der Waals surface area contributed by atoms with E-state index in [1.807, 2.05) is 0 Å². The molecule has 5 nitrogen and oxygen atoms in total. The first-order valence-corrected chi connectivity index (χ1v) is 6.75. The number of carboxylic acids is 1. The highest BCUT2D eigenvalue weighted by molar-refractivity contribution is 6.29. The molecule has 3 rings (SSSR count). The number of benzene rings is 2. The highest BCUT2D eigenvalue weighted by atomic mass is 16.5. The fourth-order valence-corrected chi connectivity index (χ4v) is 2.48. The molecule has 2 aromatic carbocycles. The summed E-state index contributed by atoms with van der Waals surface area (Å²) in [6.45, 7) is -0.0606. The van der Waals surface area contributed by atoms with E-state index in [9.17, 15) is 14.4 Å². The second-order valence-electron chi connectivity index (χ2n) is 4.87. The van der Waals surface area contributed by atoms with Gasteiger partial charge in [0, 0.05) is 16.7 Å². The van der Waals surface area contributed by atoms with Crippen molar-refractivity contribution in [2.75, 3.05) is 6.61 Å². The van der Waals surface area contributed by atoms with E-state index in [0.717, 1.165) is 0 Å². The third-order valence-corrected chi connectivity index (χ3v) is 3.49. The maximum absolute atomic E-state index is 12.6. The van der Waals surface area contributed by atoms with Crippen LogP contribution in [0.2, 0.25) is 0 Å². The summed E-state index contributed by atoms with van der Waals surface area (Å²) in [6, 6.07) is 11.4. The largest absolute Gasteiger partial charge is 0.492 e. The molecule has 1 N–H and O–H groups in total. The van der Waals surface area contributed by atoms with Crippen LogP contribution in [0, 0.1) is 0 Å². The summed E-state index contributed by atoms with van der Waals surface area (Å²) in [4.78, 5) is 35.7. The van der Waals surface area contributed by atoms with Gasteiger partial charge in [0.05, 0.1) is 18.6 Å². The van der Waals surface area contributed by atoms with E-state index in [2.05, 4.69) is 0 Å². The number of ether oxygens (including phenoxy) is 1. The van der Waals surface area contributed by atoms with Crippen LogP contribution in [0.1, 0.15) is 38.3 Å². The van der Waals surface area contributed by atoms with Gasteiger partial charge in [-0.25, -0.2) is 0 Å². The fourth-order valence-electron chi connectivity index (χ4n) is 2.48. The third kappa shape index (κ3) is 2.26. The Kier molecular flexibility index (Phi) is 3.47. The molecule has 0 aliphatic heterocycles. The number of carboxylic acid groups (broad SMARTS) is 1. The van der Waals surface area contributed by atoms with E-state index in [1.54, 1.807) is 42.5 Å². The summed E-state index contributed by atoms with van der Waals surface area (Å²) >= 11 is 0. The number of hydrogen-bond donors (Lipinski definition) is 1. The van der Waals surface area contributed by atoms with Crippen LogP contribution < -0.4 is 4.74 Å². The van der Waals surface area contributed by atoms with Gasteiger partial charge in [-0.1, -0.05) is 36.4 Å². The minimum Gasteiger partial charge on any atom is -0.492 e. The molecule has 0 fully saturated rings. The minimum absolute atomic E-state index is 0.0606. The molecule has 0 atom stereocenters. The predicted molar refractivity (Wildman–Crippen MR) is 77.5 cm³/mol. The van der Waals surface area contributed by atoms with Crippen molar-refractivity contribution in [3.63, 3.8) is 0 Å². The molecule has 22 heavy (non-hydrogen) atoms. The highest BCUT2D eigenvalue weighted by Crippen LogP contribution is 2.33. The molecule has 0 amide bonds. The van der Waals surface area contributed by atoms with Gasteiger partial charge in [-0.05, 0) is 6.07 Å². The van der Waals surface area contributed by atoms with Gasteiger partial charge in [-0.3, -0.25) is 14.4 Å². The molecule has 1 aliphatic carbocycles. The number of rotatable bonds is 4. The number of carbonyl (C=O) groups excluding carboxylic acids is 2. The summed E-state index contributed by atoms with van der Waals surface area (Å²) in [5, 5.41) is 8.65. The molecule has 0 spiro atoms. The molecule has 110 valence electrons. The van der Waals surface area contributed by atoms with Crippen molar-refractivity contribution in [2.24, 2.45) is 0 Å². The Hall–Kier alpha value is -2.95. The van der Waals surface area contributed by atoms with Crippen LogP contribution in [0.5, 0.6) is 5.75 Å². The normalized spacial score (nSPS) is 12.5. The van der Waals surface area contributed by atoms with Crippen LogP contribution >= 0.6 is 0 Å².